The number of ether oxygens (including phenoxy) is 1. The Morgan fingerprint density at radius 2 is 1.48 bits per heavy atom. The first-order chi connectivity index (χ1) is 15.9. The summed E-state index contributed by atoms with van der Waals surface area (Å²) in [6, 6.07) is 13.6. The SMILES string of the molecule is COc1ccc(N2CCN(CC(=O)N3CCN(c4ccc(F)cc4)CC3)C(C(N)=O)C2)cc1. The van der Waals surface area contributed by atoms with Crippen molar-refractivity contribution in [2.75, 3.05) is 69.3 Å². The zero-order chi connectivity index (χ0) is 23.4. The van der Waals surface area contributed by atoms with Gasteiger partial charge in [-0.05, 0) is 48.5 Å². The number of carbonyl (C=O) groups is 2. The molecule has 8 nitrogen and oxygen atoms in total. The van der Waals surface area contributed by atoms with E-state index < -0.39 is 11.9 Å². The lowest BCUT2D eigenvalue weighted by Crippen LogP contribution is -2.61. The van der Waals surface area contributed by atoms with E-state index in [0.29, 0.717) is 45.8 Å². The third-order valence-corrected chi connectivity index (χ3v) is 6.42. The van der Waals surface area contributed by atoms with E-state index in [-0.39, 0.29) is 18.3 Å². The zero-order valence-electron chi connectivity index (χ0n) is 18.8. The molecule has 2 aromatic rings. The molecule has 33 heavy (non-hydrogen) atoms. The molecule has 0 aliphatic carbocycles. The lowest BCUT2D eigenvalue weighted by atomic mass is 10.1. The van der Waals surface area contributed by atoms with Gasteiger partial charge in [0.2, 0.25) is 11.8 Å². The Hall–Kier alpha value is -3.33. The molecule has 2 fully saturated rings. The largest absolute Gasteiger partial charge is 0.497 e. The molecule has 2 aromatic carbocycles. The molecule has 2 heterocycles. The topological polar surface area (TPSA) is 82.3 Å². The monoisotopic (exact) mass is 455 g/mol. The second-order valence-corrected chi connectivity index (χ2v) is 8.38. The Labute approximate surface area is 193 Å². The van der Waals surface area contributed by atoms with Gasteiger partial charge in [-0.1, -0.05) is 0 Å². The highest BCUT2D eigenvalue weighted by atomic mass is 19.1. The molecular weight excluding hydrogens is 425 g/mol. The van der Waals surface area contributed by atoms with Crippen molar-refractivity contribution in [3.05, 3.63) is 54.3 Å². The second kappa shape index (κ2) is 10.1. The van der Waals surface area contributed by atoms with Gasteiger partial charge in [-0.2, -0.15) is 0 Å². The number of amides is 2. The van der Waals surface area contributed by atoms with Crippen LogP contribution in [0.2, 0.25) is 0 Å². The zero-order valence-corrected chi connectivity index (χ0v) is 18.8. The number of primary amides is 1. The minimum absolute atomic E-state index is 0.00194. The highest BCUT2D eigenvalue weighted by Gasteiger charge is 2.33. The predicted molar refractivity (Wildman–Crippen MR) is 125 cm³/mol. The van der Waals surface area contributed by atoms with Crippen LogP contribution >= 0.6 is 0 Å². The quantitative estimate of drug-likeness (QED) is 0.704. The molecule has 2 aliphatic heterocycles. The first-order valence-electron chi connectivity index (χ1n) is 11.2. The van der Waals surface area contributed by atoms with Crippen molar-refractivity contribution in [1.82, 2.24) is 9.80 Å². The molecule has 2 saturated heterocycles. The fraction of sp³-hybridized carbons (Fsp3) is 0.417. The van der Waals surface area contributed by atoms with Crippen molar-refractivity contribution in [2.24, 2.45) is 5.73 Å². The number of halogens is 1. The molecule has 2 aliphatic rings. The molecule has 9 heteroatoms. The van der Waals surface area contributed by atoms with Crippen LogP contribution in [0.1, 0.15) is 0 Å². The number of nitrogens with zero attached hydrogens (tertiary/aromatic N) is 4. The fourth-order valence-electron chi connectivity index (χ4n) is 4.45. The average Bonchev–Trinajstić information content (AvgIpc) is 2.85. The summed E-state index contributed by atoms with van der Waals surface area (Å²) >= 11 is 0. The van der Waals surface area contributed by atoms with Gasteiger partial charge in [0, 0.05) is 57.2 Å². The lowest BCUT2D eigenvalue weighted by Gasteiger charge is -2.42. The maximum atomic E-state index is 13.2. The molecule has 176 valence electrons. The van der Waals surface area contributed by atoms with Gasteiger partial charge in [-0.25, -0.2) is 4.39 Å². The molecule has 4 rings (SSSR count). The fourth-order valence-corrected chi connectivity index (χ4v) is 4.45. The van der Waals surface area contributed by atoms with Gasteiger partial charge < -0.3 is 25.2 Å². The number of methoxy groups -OCH3 is 1. The van der Waals surface area contributed by atoms with Crippen molar-refractivity contribution in [1.29, 1.82) is 0 Å². The Morgan fingerprint density at radius 1 is 0.909 bits per heavy atom. The number of anilines is 2. The summed E-state index contributed by atoms with van der Waals surface area (Å²) in [5.74, 6) is 0.0812. The van der Waals surface area contributed by atoms with Crippen LogP contribution in [0.25, 0.3) is 0 Å². The second-order valence-electron chi connectivity index (χ2n) is 8.38. The lowest BCUT2D eigenvalue weighted by molar-refractivity contribution is -0.134. The summed E-state index contributed by atoms with van der Waals surface area (Å²) in [4.78, 5) is 33.1. The number of piperazine rings is 2. The molecule has 0 spiro atoms. The molecule has 0 bridgehead atoms. The van der Waals surface area contributed by atoms with Gasteiger partial charge >= 0.3 is 0 Å². The van der Waals surface area contributed by atoms with Crippen LogP contribution in [0.15, 0.2) is 48.5 Å². The number of hydrogen-bond donors (Lipinski definition) is 1. The van der Waals surface area contributed by atoms with Crippen molar-refractivity contribution < 1.29 is 18.7 Å². The van der Waals surface area contributed by atoms with E-state index in [4.69, 9.17) is 10.5 Å². The van der Waals surface area contributed by atoms with Crippen LogP contribution in [0, 0.1) is 5.82 Å². The van der Waals surface area contributed by atoms with Crippen LogP contribution in [-0.4, -0.2) is 87.1 Å². The number of hydrogen-bond acceptors (Lipinski definition) is 6. The molecule has 1 unspecified atom stereocenters. The summed E-state index contributed by atoms with van der Waals surface area (Å²) in [6.45, 7) is 4.41. The first kappa shape index (κ1) is 22.8. The van der Waals surface area contributed by atoms with Crippen LogP contribution in [-0.2, 0) is 9.59 Å². The van der Waals surface area contributed by atoms with Gasteiger partial charge in [0.15, 0.2) is 0 Å². The van der Waals surface area contributed by atoms with Crippen LogP contribution < -0.4 is 20.3 Å². The molecule has 0 saturated carbocycles. The Morgan fingerprint density at radius 3 is 2.09 bits per heavy atom. The van der Waals surface area contributed by atoms with Crippen LogP contribution in [0.5, 0.6) is 5.75 Å². The van der Waals surface area contributed by atoms with Crippen molar-refractivity contribution in [3.8, 4) is 5.75 Å². The highest BCUT2D eigenvalue weighted by molar-refractivity contribution is 5.83. The summed E-state index contributed by atoms with van der Waals surface area (Å²) in [5.41, 5.74) is 7.65. The summed E-state index contributed by atoms with van der Waals surface area (Å²) in [5, 5.41) is 0. The summed E-state index contributed by atoms with van der Waals surface area (Å²) in [6.07, 6.45) is 0. The van der Waals surface area contributed by atoms with Gasteiger partial charge in [-0.15, -0.1) is 0 Å². The molecule has 0 radical (unpaired) electrons. The summed E-state index contributed by atoms with van der Waals surface area (Å²) in [7, 11) is 1.62. The van der Waals surface area contributed by atoms with Crippen molar-refractivity contribution >= 4 is 23.2 Å². The van der Waals surface area contributed by atoms with E-state index >= 15 is 0 Å². The minimum Gasteiger partial charge on any atom is -0.497 e. The van der Waals surface area contributed by atoms with E-state index in [0.717, 1.165) is 17.1 Å². The smallest absolute Gasteiger partial charge is 0.236 e. The van der Waals surface area contributed by atoms with Gasteiger partial charge in [0.25, 0.3) is 0 Å². The molecule has 2 amide bonds. The average molecular weight is 456 g/mol. The van der Waals surface area contributed by atoms with E-state index in [1.807, 2.05) is 34.1 Å². The van der Waals surface area contributed by atoms with Crippen LogP contribution in [0.3, 0.4) is 0 Å². The molecule has 1 atom stereocenters. The standard InChI is InChI=1S/C24H30FN5O3/c1-33-21-8-6-20(7-9-21)29-14-15-30(22(16-29)24(26)32)17-23(31)28-12-10-27(11-13-28)19-4-2-18(25)3-5-19/h2-9,22H,10-17H2,1H3,(H2,26,32). The Kier molecular flexibility index (Phi) is 6.98. The van der Waals surface area contributed by atoms with E-state index in [1.165, 1.54) is 12.1 Å². The van der Waals surface area contributed by atoms with Crippen LogP contribution in [0.4, 0.5) is 15.8 Å². The number of nitrogens with two attached hydrogens (primary N) is 1. The molecule has 0 aromatic heterocycles. The number of rotatable bonds is 6. The third kappa shape index (κ3) is 5.36. The summed E-state index contributed by atoms with van der Waals surface area (Å²) < 4.78 is 18.4. The number of benzene rings is 2. The molecule has 2 N–H and O–H groups in total. The van der Waals surface area contributed by atoms with Gasteiger partial charge in [0.1, 0.15) is 17.6 Å². The maximum absolute atomic E-state index is 13.2. The van der Waals surface area contributed by atoms with Crippen molar-refractivity contribution in [2.45, 2.75) is 6.04 Å². The van der Waals surface area contributed by atoms with Gasteiger partial charge in [0.05, 0.1) is 13.7 Å². The maximum Gasteiger partial charge on any atom is 0.236 e. The predicted octanol–water partition coefficient (Wildman–Crippen LogP) is 1.16. The Bertz CT molecular complexity index is 961. The Balaban J connectivity index is 1.32. The third-order valence-electron chi connectivity index (χ3n) is 6.42. The van der Waals surface area contributed by atoms with Gasteiger partial charge in [-0.3, -0.25) is 14.5 Å². The van der Waals surface area contributed by atoms with E-state index in [2.05, 4.69) is 9.80 Å². The highest BCUT2D eigenvalue weighted by Crippen LogP contribution is 2.23. The molecular formula is C24H30FN5O3. The van der Waals surface area contributed by atoms with E-state index in [9.17, 15) is 14.0 Å². The van der Waals surface area contributed by atoms with Crippen molar-refractivity contribution in [3.63, 3.8) is 0 Å². The number of carbonyl (C=O) groups excluding carboxylic acids is 2. The first-order valence-corrected chi connectivity index (χ1v) is 11.2. The minimum atomic E-state index is -0.537. The normalized spacial score (nSPS) is 19.5. The van der Waals surface area contributed by atoms with E-state index in [1.54, 1.807) is 19.2 Å².